The molecule has 0 aliphatic carbocycles. The number of carbonyl (C=O) groups excluding carboxylic acids is 1. The van der Waals surface area contributed by atoms with E-state index < -0.39 is 23.1 Å². The van der Waals surface area contributed by atoms with Crippen LogP contribution >= 0.6 is 0 Å². The zero-order valence-corrected chi connectivity index (χ0v) is 19.4. The fourth-order valence-electron chi connectivity index (χ4n) is 3.85. The van der Waals surface area contributed by atoms with E-state index in [-0.39, 0.29) is 23.7 Å². The summed E-state index contributed by atoms with van der Waals surface area (Å²) in [6.07, 6.45) is 0. The summed E-state index contributed by atoms with van der Waals surface area (Å²) < 4.78 is 18.8. The molecule has 1 aromatic heterocycles. The molecular formula is C23H29N3O6. The van der Waals surface area contributed by atoms with Gasteiger partial charge in [-0.05, 0) is 18.9 Å². The minimum absolute atomic E-state index is 0.145. The molecule has 9 nitrogen and oxygen atoms in total. The van der Waals surface area contributed by atoms with E-state index in [1.165, 1.54) is 18.7 Å². The number of hydrogen-bond acceptors (Lipinski definition) is 7. The summed E-state index contributed by atoms with van der Waals surface area (Å²) in [5, 5.41) is 3.08. The second-order valence-electron chi connectivity index (χ2n) is 8.16. The smallest absolute Gasteiger partial charge is 0.336 e. The Balaban J connectivity index is 2.35. The van der Waals surface area contributed by atoms with Gasteiger partial charge in [-0.25, -0.2) is 9.59 Å². The van der Waals surface area contributed by atoms with Gasteiger partial charge < -0.3 is 19.5 Å². The molecule has 0 amide bonds. The average Bonchev–Trinajstić information content (AvgIpc) is 2.78. The highest BCUT2D eigenvalue weighted by molar-refractivity contribution is 5.94. The Labute approximate surface area is 186 Å². The fraction of sp³-hybridized carbons (Fsp3) is 0.435. The van der Waals surface area contributed by atoms with Gasteiger partial charge in [0.1, 0.15) is 17.3 Å². The first kappa shape index (κ1) is 23.2. The predicted molar refractivity (Wildman–Crippen MR) is 120 cm³/mol. The lowest BCUT2D eigenvalue weighted by Gasteiger charge is -2.31. The number of rotatable bonds is 6. The Morgan fingerprint density at radius 2 is 1.81 bits per heavy atom. The highest BCUT2D eigenvalue weighted by Crippen LogP contribution is 2.44. The number of aromatic nitrogens is 2. The van der Waals surface area contributed by atoms with Crippen molar-refractivity contribution >= 4 is 11.8 Å². The van der Waals surface area contributed by atoms with Crippen LogP contribution in [0, 0.1) is 5.92 Å². The first-order chi connectivity index (χ1) is 15.1. The van der Waals surface area contributed by atoms with Gasteiger partial charge in [0.2, 0.25) is 0 Å². The molecule has 9 heteroatoms. The SMILES string of the molecule is COc1ccc(C2C(C(=O)OCC(C)C)=C(C)Nc3c2c(=O)n(C)c(=O)n3C)c(OC)c1. The minimum atomic E-state index is -0.808. The van der Waals surface area contributed by atoms with Gasteiger partial charge in [0.05, 0.1) is 37.9 Å². The zero-order chi connectivity index (χ0) is 23.7. The molecule has 0 saturated carbocycles. The first-order valence-corrected chi connectivity index (χ1v) is 10.3. The van der Waals surface area contributed by atoms with Crippen LogP contribution in [-0.2, 0) is 23.6 Å². The standard InChI is InChI=1S/C23H29N3O6/c1-12(2)11-32-22(28)17-13(3)24-20-19(21(27)26(5)23(29)25(20)4)18(17)15-9-8-14(30-6)10-16(15)31-7/h8-10,12,18,24H,11H2,1-7H3. The van der Waals surface area contributed by atoms with Crippen LogP contribution in [0.4, 0.5) is 5.82 Å². The number of fused-ring (bicyclic) bond motifs is 1. The number of carbonyl (C=O) groups is 1. The third-order valence-corrected chi connectivity index (χ3v) is 5.51. The van der Waals surface area contributed by atoms with Crippen LogP contribution in [0.1, 0.15) is 37.8 Å². The molecule has 1 atom stereocenters. The number of nitrogens with zero attached hydrogens (tertiary/aromatic N) is 2. The van der Waals surface area contributed by atoms with Crippen molar-refractivity contribution in [2.45, 2.75) is 26.7 Å². The van der Waals surface area contributed by atoms with Crippen molar-refractivity contribution < 1.29 is 19.0 Å². The van der Waals surface area contributed by atoms with Crippen LogP contribution < -0.4 is 26.0 Å². The maximum absolute atomic E-state index is 13.3. The van der Waals surface area contributed by atoms with Crippen molar-refractivity contribution in [2.75, 3.05) is 26.1 Å². The van der Waals surface area contributed by atoms with Crippen molar-refractivity contribution in [1.82, 2.24) is 9.13 Å². The minimum Gasteiger partial charge on any atom is -0.497 e. The third-order valence-electron chi connectivity index (χ3n) is 5.51. The topological polar surface area (TPSA) is 101 Å². The van der Waals surface area contributed by atoms with E-state index in [4.69, 9.17) is 14.2 Å². The van der Waals surface area contributed by atoms with E-state index in [0.29, 0.717) is 28.6 Å². The van der Waals surface area contributed by atoms with Crippen molar-refractivity contribution in [3.8, 4) is 11.5 Å². The predicted octanol–water partition coefficient (Wildman–Crippen LogP) is 2.13. The largest absolute Gasteiger partial charge is 0.497 e. The number of benzene rings is 1. The van der Waals surface area contributed by atoms with Crippen molar-refractivity contribution in [2.24, 2.45) is 20.0 Å². The Kier molecular flexibility index (Phi) is 6.47. The number of nitrogens with one attached hydrogen (secondary N) is 1. The molecule has 1 N–H and O–H groups in total. The van der Waals surface area contributed by atoms with Crippen LogP contribution in [0.25, 0.3) is 0 Å². The molecule has 2 heterocycles. The summed E-state index contributed by atoms with van der Waals surface area (Å²) in [7, 11) is 6.03. The number of ether oxygens (including phenoxy) is 3. The number of hydrogen-bond donors (Lipinski definition) is 1. The average molecular weight is 444 g/mol. The lowest BCUT2D eigenvalue weighted by molar-refractivity contribution is -0.140. The lowest BCUT2D eigenvalue weighted by Crippen LogP contribution is -2.43. The van der Waals surface area contributed by atoms with E-state index in [2.05, 4.69) is 5.32 Å². The molecule has 32 heavy (non-hydrogen) atoms. The quantitative estimate of drug-likeness (QED) is 0.683. The molecule has 1 aliphatic heterocycles. The van der Waals surface area contributed by atoms with Gasteiger partial charge in [0.15, 0.2) is 0 Å². The molecule has 0 radical (unpaired) electrons. The molecule has 0 saturated heterocycles. The molecule has 2 aromatic rings. The van der Waals surface area contributed by atoms with Crippen molar-refractivity contribution in [3.05, 3.63) is 61.4 Å². The van der Waals surface area contributed by atoms with E-state index in [1.807, 2.05) is 13.8 Å². The summed E-state index contributed by atoms with van der Waals surface area (Å²) >= 11 is 0. The molecule has 0 fully saturated rings. The van der Waals surface area contributed by atoms with E-state index >= 15 is 0 Å². The Morgan fingerprint density at radius 3 is 2.41 bits per heavy atom. The molecule has 3 rings (SSSR count). The third kappa shape index (κ3) is 3.90. The molecule has 0 spiro atoms. The van der Waals surface area contributed by atoms with Gasteiger partial charge >= 0.3 is 11.7 Å². The zero-order valence-electron chi connectivity index (χ0n) is 19.4. The van der Waals surface area contributed by atoms with Crippen LogP contribution in [0.3, 0.4) is 0 Å². The summed E-state index contributed by atoms with van der Waals surface area (Å²) in [5.41, 5.74) is 0.665. The number of allylic oxidation sites excluding steroid dienone is 1. The van der Waals surface area contributed by atoms with Crippen LogP contribution in [-0.4, -0.2) is 35.9 Å². The molecule has 1 unspecified atom stereocenters. The van der Waals surface area contributed by atoms with Crippen LogP contribution in [0.2, 0.25) is 0 Å². The monoisotopic (exact) mass is 443 g/mol. The summed E-state index contributed by atoms with van der Waals surface area (Å²) in [6, 6.07) is 5.18. The van der Waals surface area contributed by atoms with E-state index in [9.17, 15) is 14.4 Å². The number of esters is 1. The van der Waals surface area contributed by atoms with Gasteiger partial charge in [-0.3, -0.25) is 13.9 Å². The van der Waals surface area contributed by atoms with Crippen LogP contribution in [0.5, 0.6) is 11.5 Å². The maximum atomic E-state index is 13.3. The molecule has 1 aliphatic rings. The van der Waals surface area contributed by atoms with Crippen LogP contribution in [0.15, 0.2) is 39.1 Å². The normalized spacial score (nSPS) is 15.3. The first-order valence-electron chi connectivity index (χ1n) is 10.3. The van der Waals surface area contributed by atoms with E-state index in [1.54, 1.807) is 39.3 Å². The number of anilines is 1. The maximum Gasteiger partial charge on any atom is 0.336 e. The second kappa shape index (κ2) is 8.94. The van der Waals surface area contributed by atoms with Gasteiger partial charge in [-0.1, -0.05) is 19.9 Å². The van der Waals surface area contributed by atoms with E-state index in [0.717, 1.165) is 4.57 Å². The lowest BCUT2D eigenvalue weighted by atomic mass is 9.81. The summed E-state index contributed by atoms with van der Waals surface area (Å²) in [4.78, 5) is 39.1. The molecular weight excluding hydrogens is 414 g/mol. The summed E-state index contributed by atoms with van der Waals surface area (Å²) in [5.74, 6) is 0.147. The van der Waals surface area contributed by atoms with Gasteiger partial charge in [0.25, 0.3) is 5.56 Å². The molecule has 0 bridgehead atoms. The van der Waals surface area contributed by atoms with Gasteiger partial charge in [-0.15, -0.1) is 0 Å². The Bertz CT molecular complexity index is 1210. The highest BCUT2D eigenvalue weighted by atomic mass is 16.5. The van der Waals surface area contributed by atoms with Gasteiger partial charge in [0, 0.05) is 31.4 Å². The molecule has 1 aromatic carbocycles. The summed E-state index contributed by atoms with van der Waals surface area (Å²) in [6.45, 7) is 5.84. The Hall–Kier alpha value is -3.49. The second-order valence-corrected chi connectivity index (χ2v) is 8.16. The van der Waals surface area contributed by atoms with Crippen molar-refractivity contribution in [3.63, 3.8) is 0 Å². The number of methoxy groups -OCH3 is 2. The van der Waals surface area contributed by atoms with Gasteiger partial charge in [-0.2, -0.15) is 0 Å². The fourth-order valence-corrected chi connectivity index (χ4v) is 3.85. The van der Waals surface area contributed by atoms with Crippen molar-refractivity contribution in [1.29, 1.82) is 0 Å². The Morgan fingerprint density at radius 1 is 1.12 bits per heavy atom. The highest BCUT2D eigenvalue weighted by Gasteiger charge is 2.39. The molecule has 172 valence electrons.